The molecule has 0 saturated heterocycles. The molecule has 0 aromatic heterocycles. The van der Waals surface area contributed by atoms with Gasteiger partial charge in [-0.25, -0.2) is 9.59 Å². The van der Waals surface area contributed by atoms with Crippen LogP contribution in [0.4, 0.5) is 18.0 Å². The summed E-state index contributed by atoms with van der Waals surface area (Å²) in [6.45, 7) is 4.81. The quantitative estimate of drug-likeness (QED) is 0.882. The Morgan fingerprint density at radius 3 is 2.04 bits per heavy atom. The molecule has 0 saturated carbocycles. The molecule has 0 aliphatic rings. The first-order valence-corrected chi connectivity index (χ1v) is 6.45. The second kappa shape index (κ2) is 6.76. The van der Waals surface area contributed by atoms with Gasteiger partial charge < -0.3 is 19.9 Å². The normalized spacial score (nSPS) is 13.1. The van der Waals surface area contributed by atoms with Crippen LogP contribution in [0.1, 0.15) is 32.4 Å². The molecule has 0 unspecified atom stereocenters. The van der Waals surface area contributed by atoms with Gasteiger partial charge in [0.1, 0.15) is 11.4 Å². The van der Waals surface area contributed by atoms with Crippen molar-refractivity contribution in [3.8, 4) is 5.75 Å². The van der Waals surface area contributed by atoms with E-state index in [0.717, 1.165) is 24.3 Å². The van der Waals surface area contributed by atoms with E-state index in [1.54, 1.807) is 20.8 Å². The number of aliphatic carboxylic acids is 1. The Hall–Kier alpha value is -2.45. The number of carboxylic acid groups (broad SMARTS) is 1. The van der Waals surface area contributed by atoms with Gasteiger partial charge in [0, 0.05) is 0 Å². The zero-order valence-electron chi connectivity index (χ0n) is 12.6. The zero-order chi connectivity index (χ0) is 17.8. The number of carbonyl (C=O) groups is 2. The van der Waals surface area contributed by atoms with Crippen LogP contribution in [0.15, 0.2) is 24.3 Å². The highest BCUT2D eigenvalue weighted by Crippen LogP contribution is 2.24. The number of amides is 1. The Bertz CT molecular complexity index is 563. The molecular weight excluding hydrogens is 319 g/mol. The van der Waals surface area contributed by atoms with Gasteiger partial charge in [0.25, 0.3) is 0 Å². The number of halogens is 3. The molecule has 23 heavy (non-hydrogen) atoms. The molecule has 1 rings (SSSR count). The molecule has 1 atom stereocenters. The number of carbonyl (C=O) groups excluding carboxylic acids is 1. The van der Waals surface area contributed by atoms with E-state index in [-0.39, 0.29) is 5.56 Å². The van der Waals surface area contributed by atoms with Gasteiger partial charge in [0.05, 0.1) is 0 Å². The molecule has 0 spiro atoms. The lowest BCUT2D eigenvalue weighted by Gasteiger charge is -2.22. The van der Waals surface area contributed by atoms with Gasteiger partial charge in [0.15, 0.2) is 6.04 Å². The second-order valence-electron chi connectivity index (χ2n) is 5.53. The highest BCUT2D eigenvalue weighted by Gasteiger charge is 2.31. The zero-order valence-corrected chi connectivity index (χ0v) is 12.6. The van der Waals surface area contributed by atoms with Crippen molar-refractivity contribution in [2.24, 2.45) is 0 Å². The van der Waals surface area contributed by atoms with E-state index in [0.29, 0.717) is 0 Å². The van der Waals surface area contributed by atoms with Crippen LogP contribution in [0.2, 0.25) is 0 Å². The molecule has 0 heterocycles. The summed E-state index contributed by atoms with van der Waals surface area (Å²) in [6.07, 6.45) is -5.80. The molecule has 9 heteroatoms. The van der Waals surface area contributed by atoms with E-state index >= 15 is 0 Å². The van der Waals surface area contributed by atoms with Gasteiger partial charge in [-0.1, -0.05) is 12.1 Å². The number of benzene rings is 1. The molecule has 1 aromatic rings. The third-order valence-corrected chi connectivity index (χ3v) is 2.36. The molecule has 128 valence electrons. The van der Waals surface area contributed by atoms with Crippen LogP contribution < -0.4 is 10.1 Å². The minimum absolute atomic E-state index is 0.0675. The molecule has 6 nitrogen and oxygen atoms in total. The van der Waals surface area contributed by atoms with E-state index in [9.17, 15) is 22.8 Å². The average molecular weight is 335 g/mol. The van der Waals surface area contributed by atoms with Gasteiger partial charge in [0.2, 0.25) is 0 Å². The number of carboxylic acids is 1. The summed E-state index contributed by atoms with van der Waals surface area (Å²) in [4.78, 5) is 22.9. The number of nitrogens with one attached hydrogen (secondary N) is 1. The molecular formula is C14H16F3NO5. The molecule has 2 N–H and O–H groups in total. The van der Waals surface area contributed by atoms with Crippen LogP contribution in [-0.4, -0.2) is 29.1 Å². The van der Waals surface area contributed by atoms with Gasteiger partial charge in [-0.05, 0) is 38.5 Å². The van der Waals surface area contributed by atoms with E-state index in [4.69, 9.17) is 9.84 Å². The summed E-state index contributed by atoms with van der Waals surface area (Å²) < 4.78 is 44.8. The van der Waals surface area contributed by atoms with Gasteiger partial charge >= 0.3 is 18.4 Å². The first-order valence-electron chi connectivity index (χ1n) is 6.45. The molecule has 0 aliphatic carbocycles. The maximum atomic E-state index is 12.1. The number of hydrogen-bond acceptors (Lipinski definition) is 4. The fraction of sp³-hybridized carbons (Fsp3) is 0.429. The third-order valence-electron chi connectivity index (χ3n) is 2.36. The van der Waals surface area contributed by atoms with Gasteiger partial charge in [-0.3, -0.25) is 0 Å². The number of hydrogen-bond donors (Lipinski definition) is 2. The van der Waals surface area contributed by atoms with Gasteiger partial charge in [-0.15, -0.1) is 13.2 Å². The molecule has 0 aliphatic heterocycles. The first-order chi connectivity index (χ1) is 10.4. The van der Waals surface area contributed by atoms with Crippen molar-refractivity contribution < 1.29 is 37.3 Å². The number of alkyl halides is 3. The van der Waals surface area contributed by atoms with Crippen LogP contribution in [0.25, 0.3) is 0 Å². The summed E-state index contributed by atoms with van der Waals surface area (Å²) in [6, 6.07) is 2.66. The van der Waals surface area contributed by atoms with E-state index < -0.39 is 35.8 Å². The molecule has 0 radical (unpaired) electrons. The molecule has 0 fully saturated rings. The molecule has 1 aromatic carbocycles. The second-order valence-corrected chi connectivity index (χ2v) is 5.53. The number of rotatable bonds is 4. The SMILES string of the molecule is CC(C)(C)OC(=O)N[C@H](C(=O)O)c1ccc(OC(F)(F)F)cc1. The Labute approximate surface area is 130 Å². The Morgan fingerprint density at radius 2 is 1.65 bits per heavy atom. The highest BCUT2D eigenvalue weighted by atomic mass is 19.4. The standard InChI is InChI=1S/C14H16F3NO5/c1-13(2,3)23-12(21)18-10(11(19)20)8-4-6-9(7-5-8)22-14(15,16)17/h4-7,10H,1-3H3,(H,18,21)(H,19,20)/t10-/m0/s1. The van der Waals surface area contributed by atoms with Crippen LogP contribution in [0.5, 0.6) is 5.75 Å². The van der Waals surface area contributed by atoms with E-state index in [1.165, 1.54) is 0 Å². The van der Waals surface area contributed by atoms with Crippen molar-refractivity contribution in [1.82, 2.24) is 5.32 Å². The topological polar surface area (TPSA) is 84.9 Å². The maximum absolute atomic E-state index is 12.1. The largest absolute Gasteiger partial charge is 0.573 e. The lowest BCUT2D eigenvalue weighted by Crippen LogP contribution is -2.38. The van der Waals surface area contributed by atoms with Crippen molar-refractivity contribution in [3.05, 3.63) is 29.8 Å². The minimum Gasteiger partial charge on any atom is -0.479 e. The maximum Gasteiger partial charge on any atom is 0.573 e. The number of ether oxygens (including phenoxy) is 2. The summed E-state index contributed by atoms with van der Waals surface area (Å²) in [5.74, 6) is -1.89. The third kappa shape index (κ3) is 6.90. The lowest BCUT2D eigenvalue weighted by molar-refractivity contribution is -0.274. The van der Waals surface area contributed by atoms with Crippen LogP contribution in [0.3, 0.4) is 0 Å². The summed E-state index contributed by atoms with van der Waals surface area (Å²) in [5.41, 5.74) is -0.754. The average Bonchev–Trinajstić information content (AvgIpc) is 2.32. The number of alkyl carbamates (subject to hydrolysis) is 1. The summed E-state index contributed by atoms with van der Waals surface area (Å²) >= 11 is 0. The van der Waals surface area contributed by atoms with Crippen molar-refractivity contribution in [2.45, 2.75) is 38.8 Å². The van der Waals surface area contributed by atoms with Crippen LogP contribution in [-0.2, 0) is 9.53 Å². The predicted molar refractivity (Wildman–Crippen MR) is 72.9 cm³/mol. The fourth-order valence-corrected chi connectivity index (χ4v) is 1.58. The van der Waals surface area contributed by atoms with Crippen molar-refractivity contribution in [1.29, 1.82) is 0 Å². The van der Waals surface area contributed by atoms with Crippen LogP contribution >= 0.6 is 0 Å². The van der Waals surface area contributed by atoms with Crippen LogP contribution in [0, 0.1) is 0 Å². The molecule has 0 bridgehead atoms. The first kappa shape index (κ1) is 18.6. The fourth-order valence-electron chi connectivity index (χ4n) is 1.58. The minimum atomic E-state index is -4.84. The monoisotopic (exact) mass is 335 g/mol. The van der Waals surface area contributed by atoms with Crippen molar-refractivity contribution in [2.75, 3.05) is 0 Å². The summed E-state index contributed by atoms with van der Waals surface area (Å²) in [7, 11) is 0. The highest BCUT2D eigenvalue weighted by molar-refractivity contribution is 5.81. The van der Waals surface area contributed by atoms with E-state index in [2.05, 4.69) is 10.1 Å². The van der Waals surface area contributed by atoms with Crippen molar-refractivity contribution >= 4 is 12.1 Å². The van der Waals surface area contributed by atoms with Crippen molar-refractivity contribution in [3.63, 3.8) is 0 Å². The Balaban J connectivity index is 2.86. The van der Waals surface area contributed by atoms with Gasteiger partial charge in [-0.2, -0.15) is 0 Å². The van der Waals surface area contributed by atoms with E-state index in [1.807, 2.05) is 0 Å². The molecule has 1 amide bonds. The smallest absolute Gasteiger partial charge is 0.479 e. The predicted octanol–water partition coefficient (Wildman–Crippen LogP) is 3.24. The summed E-state index contributed by atoms with van der Waals surface area (Å²) in [5, 5.41) is 11.3. The Morgan fingerprint density at radius 1 is 1.13 bits per heavy atom. The lowest BCUT2D eigenvalue weighted by atomic mass is 10.1. The Kier molecular flexibility index (Phi) is 5.46.